The minimum absolute atomic E-state index is 0. The third kappa shape index (κ3) is 3.47. The summed E-state index contributed by atoms with van der Waals surface area (Å²) in [6.45, 7) is 5.35. The SMILES string of the molecule is CCCN1CCc2nc(N)cnc2C1.Cl.Cl. The predicted octanol–water partition coefficient (Wildman–Crippen LogP) is 1.67. The van der Waals surface area contributed by atoms with Gasteiger partial charge in [0.15, 0.2) is 0 Å². The van der Waals surface area contributed by atoms with Gasteiger partial charge in [0.2, 0.25) is 0 Å². The van der Waals surface area contributed by atoms with Crippen molar-refractivity contribution < 1.29 is 0 Å². The van der Waals surface area contributed by atoms with Crippen LogP contribution in [-0.4, -0.2) is 28.0 Å². The van der Waals surface area contributed by atoms with Crippen LogP contribution in [0.3, 0.4) is 0 Å². The molecule has 0 aromatic carbocycles. The van der Waals surface area contributed by atoms with Gasteiger partial charge in [0, 0.05) is 19.5 Å². The fourth-order valence-electron chi connectivity index (χ4n) is 1.86. The normalized spacial score (nSPS) is 14.6. The molecule has 1 aliphatic heterocycles. The van der Waals surface area contributed by atoms with E-state index in [1.807, 2.05) is 0 Å². The van der Waals surface area contributed by atoms with Gasteiger partial charge in [-0.25, -0.2) is 4.98 Å². The van der Waals surface area contributed by atoms with Crippen LogP contribution < -0.4 is 5.73 Å². The van der Waals surface area contributed by atoms with Crippen LogP contribution in [0.1, 0.15) is 24.7 Å². The maximum Gasteiger partial charge on any atom is 0.142 e. The number of hydrogen-bond donors (Lipinski definition) is 1. The number of anilines is 1. The molecule has 92 valence electrons. The number of aromatic nitrogens is 2. The molecule has 0 unspecified atom stereocenters. The number of rotatable bonds is 2. The largest absolute Gasteiger partial charge is 0.382 e. The van der Waals surface area contributed by atoms with Crippen molar-refractivity contribution in [3.05, 3.63) is 17.6 Å². The van der Waals surface area contributed by atoms with Gasteiger partial charge in [0.05, 0.1) is 17.6 Å². The van der Waals surface area contributed by atoms with E-state index in [9.17, 15) is 0 Å². The second-order valence-corrected chi connectivity index (χ2v) is 3.71. The van der Waals surface area contributed by atoms with E-state index in [1.165, 1.54) is 6.42 Å². The number of fused-ring (bicyclic) bond motifs is 1. The zero-order chi connectivity index (χ0) is 9.97. The summed E-state index contributed by atoms with van der Waals surface area (Å²) in [6.07, 6.45) is 3.82. The Balaban J connectivity index is 0.00000112. The van der Waals surface area contributed by atoms with Gasteiger partial charge in [-0.15, -0.1) is 24.8 Å². The highest BCUT2D eigenvalue weighted by molar-refractivity contribution is 5.85. The minimum atomic E-state index is 0. The molecule has 4 nitrogen and oxygen atoms in total. The van der Waals surface area contributed by atoms with Gasteiger partial charge < -0.3 is 5.73 Å². The van der Waals surface area contributed by atoms with Crippen LogP contribution in [0.4, 0.5) is 5.82 Å². The summed E-state index contributed by atoms with van der Waals surface area (Å²) in [5, 5.41) is 0. The molecule has 0 fully saturated rings. The summed E-state index contributed by atoms with van der Waals surface area (Å²) in [5.41, 5.74) is 7.77. The van der Waals surface area contributed by atoms with E-state index < -0.39 is 0 Å². The molecule has 1 aromatic rings. The molecule has 2 N–H and O–H groups in total. The maximum absolute atomic E-state index is 5.59. The average molecular weight is 265 g/mol. The molecule has 6 heteroatoms. The summed E-state index contributed by atoms with van der Waals surface area (Å²) in [5.74, 6) is 0.535. The van der Waals surface area contributed by atoms with E-state index in [1.54, 1.807) is 6.20 Å². The van der Waals surface area contributed by atoms with Gasteiger partial charge in [0.1, 0.15) is 5.82 Å². The lowest BCUT2D eigenvalue weighted by Crippen LogP contribution is -2.32. The second kappa shape index (κ2) is 6.89. The molecule has 2 heterocycles. The lowest BCUT2D eigenvalue weighted by atomic mass is 10.1. The minimum Gasteiger partial charge on any atom is -0.382 e. The van der Waals surface area contributed by atoms with Crippen molar-refractivity contribution in [2.75, 3.05) is 18.8 Å². The van der Waals surface area contributed by atoms with Crippen molar-refractivity contribution >= 4 is 30.6 Å². The Hall–Kier alpha value is -0.580. The summed E-state index contributed by atoms with van der Waals surface area (Å²) >= 11 is 0. The maximum atomic E-state index is 5.59. The first-order valence-electron chi connectivity index (χ1n) is 5.12. The first-order valence-corrected chi connectivity index (χ1v) is 5.12. The zero-order valence-corrected chi connectivity index (χ0v) is 11.0. The quantitative estimate of drug-likeness (QED) is 0.883. The van der Waals surface area contributed by atoms with Crippen LogP contribution in [0.15, 0.2) is 6.20 Å². The zero-order valence-electron chi connectivity index (χ0n) is 9.35. The molecular weight excluding hydrogens is 247 g/mol. The third-order valence-corrected chi connectivity index (χ3v) is 2.53. The number of halogens is 2. The van der Waals surface area contributed by atoms with E-state index >= 15 is 0 Å². The smallest absolute Gasteiger partial charge is 0.142 e. The van der Waals surface area contributed by atoms with Crippen molar-refractivity contribution in [3.63, 3.8) is 0 Å². The molecule has 0 aliphatic carbocycles. The first-order chi connectivity index (χ1) is 6.79. The molecule has 0 atom stereocenters. The van der Waals surface area contributed by atoms with Gasteiger partial charge >= 0.3 is 0 Å². The lowest BCUT2D eigenvalue weighted by Gasteiger charge is -2.26. The highest BCUT2D eigenvalue weighted by atomic mass is 35.5. The fourth-order valence-corrected chi connectivity index (χ4v) is 1.86. The Labute approximate surface area is 108 Å². The number of nitrogen functional groups attached to an aromatic ring is 1. The summed E-state index contributed by atoms with van der Waals surface area (Å²) in [4.78, 5) is 11.0. The van der Waals surface area contributed by atoms with Crippen molar-refractivity contribution in [2.45, 2.75) is 26.3 Å². The molecule has 0 amide bonds. The number of hydrogen-bond acceptors (Lipinski definition) is 4. The highest BCUT2D eigenvalue weighted by Crippen LogP contribution is 2.15. The van der Waals surface area contributed by atoms with E-state index in [0.717, 1.165) is 37.4 Å². The summed E-state index contributed by atoms with van der Waals surface area (Å²) in [7, 11) is 0. The van der Waals surface area contributed by atoms with Gasteiger partial charge in [-0.1, -0.05) is 6.92 Å². The van der Waals surface area contributed by atoms with Crippen molar-refractivity contribution in [1.82, 2.24) is 14.9 Å². The highest BCUT2D eigenvalue weighted by Gasteiger charge is 2.17. The van der Waals surface area contributed by atoms with Crippen LogP contribution in [-0.2, 0) is 13.0 Å². The molecule has 0 bridgehead atoms. The summed E-state index contributed by atoms with van der Waals surface area (Å²) < 4.78 is 0. The Morgan fingerprint density at radius 1 is 1.38 bits per heavy atom. The number of nitrogens with zero attached hydrogens (tertiary/aromatic N) is 3. The van der Waals surface area contributed by atoms with Gasteiger partial charge in [-0.3, -0.25) is 9.88 Å². The van der Waals surface area contributed by atoms with Crippen LogP contribution in [0, 0.1) is 0 Å². The molecule has 2 rings (SSSR count). The molecular formula is C10H18Cl2N4. The van der Waals surface area contributed by atoms with Crippen LogP contribution >= 0.6 is 24.8 Å². The topological polar surface area (TPSA) is 55.0 Å². The van der Waals surface area contributed by atoms with E-state index in [-0.39, 0.29) is 24.8 Å². The van der Waals surface area contributed by atoms with Gasteiger partial charge in [0.25, 0.3) is 0 Å². The van der Waals surface area contributed by atoms with Crippen LogP contribution in [0.25, 0.3) is 0 Å². The van der Waals surface area contributed by atoms with Gasteiger partial charge in [-0.05, 0) is 13.0 Å². The Morgan fingerprint density at radius 3 is 2.81 bits per heavy atom. The van der Waals surface area contributed by atoms with E-state index in [4.69, 9.17) is 5.73 Å². The van der Waals surface area contributed by atoms with E-state index in [0.29, 0.717) is 5.82 Å². The Morgan fingerprint density at radius 2 is 2.12 bits per heavy atom. The first kappa shape index (κ1) is 15.4. The third-order valence-electron chi connectivity index (χ3n) is 2.53. The summed E-state index contributed by atoms with van der Waals surface area (Å²) in [6, 6.07) is 0. The molecule has 0 radical (unpaired) electrons. The molecule has 0 saturated heterocycles. The Bertz CT molecular complexity index is 333. The van der Waals surface area contributed by atoms with E-state index in [2.05, 4.69) is 21.8 Å². The molecule has 1 aromatic heterocycles. The number of nitrogens with two attached hydrogens (primary N) is 1. The van der Waals surface area contributed by atoms with Crippen molar-refractivity contribution in [1.29, 1.82) is 0 Å². The van der Waals surface area contributed by atoms with Crippen molar-refractivity contribution in [2.24, 2.45) is 0 Å². The molecule has 1 aliphatic rings. The Kier molecular flexibility index (Phi) is 6.64. The van der Waals surface area contributed by atoms with Crippen LogP contribution in [0.2, 0.25) is 0 Å². The predicted molar refractivity (Wildman–Crippen MR) is 70.2 cm³/mol. The lowest BCUT2D eigenvalue weighted by molar-refractivity contribution is 0.248. The van der Waals surface area contributed by atoms with Crippen LogP contribution in [0.5, 0.6) is 0 Å². The second-order valence-electron chi connectivity index (χ2n) is 3.71. The fraction of sp³-hybridized carbons (Fsp3) is 0.600. The average Bonchev–Trinajstić information content (AvgIpc) is 2.19. The molecule has 0 saturated carbocycles. The molecule has 0 spiro atoms. The molecule has 16 heavy (non-hydrogen) atoms. The monoisotopic (exact) mass is 264 g/mol. The standard InChI is InChI=1S/C10H16N4.2ClH/c1-2-4-14-5-3-8-9(7-14)12-6-10(11)13-8;;/h6H,2-5,7H2,1H3,(H2,11,13);2*1H. The van der Waals surface area contributed by atoms with Gasteiger partial charge in [-0.2, -0.15) is 0 Å². The van der Waals surface area contributed by atoms with Crippen molar-refractivity contribution in [3.8, 4) is 0 Å².